The predicted octanol–water partition coefficient (Wildman–Crippen LogP) is 6.34. The van der Waals surface area contributed by atoms with Crippen molar-refractivity contribution in [2.75, 3.05) is 0 Å². The van der Waals surface area contributed by atoms with Gasteiger partial charge < -0.3 is 14.9 Å². The molecule has 2 aliphatic rings. The van der Waals surface area contributed by atoms with Crippen LogP contribution in [-0.4, -0.2) is 16.1 Å². The predicted molar refractivity (Wildman–Crippen MR) is 110 cm³/mol. The fourth-order valence-corrected chi connectivity index (χ4v) is 4.03. The van der Waals surface area contributed by atoms with Crippen molar-refractivity contribution in [3.05, 3.63) is 86.0 Å². The van der Waals surface area contributed by atoms with Crippen molar-refractivity contribution in [1.29, 1.82) is 0 Å². The Morgan fingerprint density at radius 1 is 0.696 bits per heavy atom. The van der Waals surface area contributed by atoms with Crippen LogP contribution in [0.3, 0.4) is 0 Å². The molecule has 0 nitrogen and oxygen atoms in total. The zero-order valence-corrected chi connectivity index (χ0v) is 21.7. The summed E-state index contributed by atoms with van der Waals surface area (Å²) >= 11 is 0. The summed E-state index contributed by atoms with van der Waals surface area (Å²) in [6.07, 6.45) is 18.6. The molecule has 0 spiro atoms. The van der Waals surface area contributed by atoms with Crippen molar-refractivity contribution in [3.8, 4) is 0 Å². The number of hydrogen-bond acceptors (Lipinski definition) is 0. The molecular weight excluding hydrogens is 475 g/mol. The van der Waals surface area contributed by atoms with E-state index >= 15 is 0 Å². The van der Waals surface area contributed by atoms with Gasteiger partial charge in [-0.3, -0.25) is 0 Å². The zero-order valence-electron chi connectivity index (χ0n) is 16.1. The summed E-state index contributed by atoms with van der Waals surface area (Å²) in [5.41, 5.74) is 7.23. The number of hydrogen-bond donors (Lipinski definition) is 0. The van der Waals surface area contributed by atoms with E-state index in [2.05, 4.69) is 75.0 Å². The van der Waals surface area contributed by atoms with Crippen LogP contribution in [0.2, 0.25) is 39.3 Å². The van der Waals surface area contributed by atoms with E-state index in [1.807, 2.05) is 24.3 Å². The van der Waals surface area contributed by atoms with E-state index in [1.165, 1.54) is 11.1 Å². The van der Waals surface area contributed by atoms with Gasteiger partial charge in [0.05, 0.1) is 0 Å². The van der Waals surface area contributed by atoms with Gasteiger partial charge in [-0.05, 0) is 0 Å². The van der Waals surface area contributed by atoms with Crippen molar-refractivity contribution >= 4 is 16.1 Å². The third-order valence-electron chi connectivity index (χ3n) is 2.42. The Kier molecular flexibility index (Phi) is 14.6. The van der Waals surface area contributed by atoms with E-state index in [0.717, 1.165) is 0 Å². The zero-order chi connectivity index (χ0) is 15.2. The maximum Gasteiger partial charge on any atom is 4.00 e. The van der Waals surface area contributed by atoms with Crippen LogP contribution in [0, 0.1) is 27.0 Å². The van der Waals surface area contributed by atoms with Crippen molar-refractivity contribution < 1.29 is 25.8 Å². The molecule has 0 saturated carbocycles. The molecule has 0 N–H and O–H groups in total. The van der Waals surface area contributed by atoms with E-state index in [9.17, 15) is 0 Å². The van der Waals surface area contributed by atoms with E-state index in [-0.39, 0.29) is 40.7 Å². The molecule has 0 amide bonds. The van der Waals surface area contributed by atoms with Crippen LogP contribution in [-0.2, 0) is 25.8 Å². The van der Waals surface area contributed by atoms with E-state index < -0.39 is 16.1 Å². The molecule has 0 bridgehead atoms. The van der Waals surface area contributed by atoms with Crippen molar-refractivity contribution in [2.24, 2.45) is 0 Å². The van der Waals surface area contributed by atoms with Crippen LogP contribution in [0.15, 0.2) is 59.0 Å². The normalized spacial score (nSPS) is 18.2. The second-order valence-corrected chi connectivity index (χ2v) is 17.3. The van der Waals surface area contributed by atoms with E-state index in [4.69, 9.17) is 0 Å². The summed E-state index contributed by atoms with van der Waals surface area (Å²) in [4.78, 5) is 0. The van der Waals surface area contributed by atoms with Crippen molar-refractivity contribution in [1.82, 2.24) is 0 Å². The molecular formula is C20H32HfSi2. The number of allylic oxidation sites excluding steroid dienone is 10. The molecule has 2 rings (SSSR count). The summed E-state index contributed by atoms with van der Waals surface area (Å²) in [6, 6.07) is 0. The standard InChI is InChI=1S/2C9H13Si.2CH3.Hf/c2*1-10(2,3)8-9-6-4-5-7-9;;;/h2*4-6,8H,1-3H3;2*1H3;/q4*-1;+4. The van der Waals surface area contributed by atoms with Gasteiger partial charge in [0.2, 0.25) is 0 Å². The van der Waals surface area contributed by atoms with Crippen molar-refractivity contribution in [3.63, 3.8) is 0 Å². The second kappa shape index (κ2) is 12.2. The van der Waals surface area contributed by atoms with Crippen molar-refractivity contribution in [2.45, 2.75) is 39.3 Å². The molecule has 0 unspecified atom stereocenters. The Morgan fingerprint density at radius 2 is 1.00 bits per heavy atom. The van der Waals surface area contributed by atoms with Gasteiger partial charge in [-0.25, -0.2) is 0 Å². The Balaban J connectivity index is -0.000000308. The molecule has 0 aromatic carbocycles. The van der Waals surface area contributed by atoms with E-state index in [0.29, 0.717) is 0 Å². The fraction of sp³-hybridized carbons (Fsp3) is 0.300. The van der Waals surface area contributed by atoms with Crippen LogP contribution in [0.1, 0.15) is 0 Å². The van der Waals surface area contributed by atoms with Gasteiger partial charge in [0, 0.05) is 16.1 Å². The fourth-order valence-electron chi connectivity index (χ4n) is 1.80. The molecule has 0 radical (unpaired) electrons. The number of rotatable bonds is 2. The van der Waals surface area contributed by atoms with Crippen LogP contribution in [0.5, 0.6) is 0 Å². The minimum atomic E-state index is -1.02. The SMILES string of the molecule is C[Si](C)(C)C=C1[C-]=CC=C1.C[Si](C)(C)C=C1[C-]=CC=C1.[CH3-].[CH3-].[Hf+4]. The molecule has 0 aliphatic heterocycles. The molecule has 0 fully saturated rings. The molecule has 2 aliphatic carbocycles. The average Bonchev–Trinajstić information content (AvgIpc) is 2.87. The molecule has 0 heterocycles. The van der Waals surface area contributed by atoms with Gasteiger partial charge in [0.15, 0.2) is 0 Å². The summed E-state index contributed by atoms with van der Waals surface area (Å²) in [5.74, 6) is 0. The first-order chi connectivity index (χ1) is 9.16. The van der Waals surface area contributed by atoms with Gasteiger partial charge in [-0.1, -0.05) is 39.3 Å². The largest absolute Gasteiger partial charge is 4.00 e. The first kappa shape index (κ1) is 27.6. The Morgan fingerprint density at radius 3 is 1.17 bits per heavy atom. The van der Waals surface area contributed by atoms with Gasteiger partial charge in [0.1, 0.15) is 0 Å². The second-order valence-electron chi connectivity index (χ2n) is 7.27. The first-order valence-corrected chi connectivity index (χ1v) is 14.3. The Bertz CT molecular complexity index is 429. The summed E-state index contributed by atoms with van der Waals surface area (Å²) in [6.45, 7) is 14.0. The maximum atomic E-state index is 3.17. The Labute approximate surface area is 166 Å². The Hall–Kier alpha value is -0.256. The minimum absolute atomic E-state index is 0. The van der Waals surface area contributed by atoms with Gasteiger partial charge in [0.25, 0.3) is 0 Å². The van der Waals surface area contributed by atoms with E-state index in [1.54, 1.807) is 0 Å². The monoisotopic (exact) mass is 508 g/mol. The molecule has 23 heavy (non-hydrogen) atoms. The molecule has 0 atom stereocenters. The smallest absolute Gasteiger partial charge is 0.358 e. The summed E-state index contributed by atoms with van der Waals surface area (Å²) in [7, 11) is -2.04. The molecule has 3 heteroatoms. The summed E-state index contributed by atoms with van der Waals surface area (Å²) in [5, 5.41) is 0. The average molecular weight is 507 g/mol. The van der Waals surface area contributed by atoms with Gasteiger partial charge in [-0.2, -0.15) is 59.0 Å². The van der Waals surface area contributed by atoms with Crippen LogP contribution in [0.4, 0.5) is 0 Å². The minimum Gasteiger partial charge on any atom is -0.358 e. The molecule has 0 aromatic heterocycles. The molecule has 0 aromatic rings. The molecule has 124 valence electrons. The van der Waals surface area contributed by atoms with Gasteiger partial charge >= 0.3 is 25.8 Å². The van der Waals surface area contributed by atoms with Gasteiger partial charge in [-0.15, -0.1) is 12.2 Å². The maximum absolute atomic E-state index is 3.17. The first-order valence-electron chi connectivity index (χ1n) is 7.14. The molecule has 0 saturated heterocycles. The third-order valence-corrected chi connectivity index (χ3v) is 4.78. The third kappa shape index (κ3) is 15.0. The topological polar surface area (TPSA) is 0 Å². The van der Waals surface area contributed by atoms with Crippen LogP contribution < -0.4 is 0 Å². The quantitative estimate of drug-likeness (QED) is 0.303. The van der Waals surface area contributed by atoms with Crippen LogP contribution in [0.25, 0.3) is 0 Å². The summed E-state index contributed by atoms with van der Waals surface area (Å²) < 4.78 is 0. The van der Waals surface area contributed by atoms with Crippen LogP contribution >= 0.6 is 0 Å².